The molecule has 232 valence electrons. The molecule has 11 heteroatoms. The summed E-state index contributed by atoms with van der Waals surface area (Å²) >= 11 is 1.35. The lowest BCUT2D eigenvalue weighted by Crippen LogP contribution is -2.17. The summed E-state index contributed by atoms with van der Waals surface area (Å²) < 4.78 is 0. The van der Waals surface area contributed by atoms with Crippen LogP contribution < -0.4 is 16.0 Å². The molecule has 0 radical (unpaired) electrons. The van der Waals surface area contributed by atoms with Gasteiger partial charge < -0.3 is 25.5 Å². The van der Waals surface area contributed by atoms with Crippen molar-refractivity contribution in [3.63, 3.8) is 0 Å². The first-order valence-electron chi connectivity index (χ1n) is 15.0. The van der Waals surface area contributed by atoms with Gasteiger partial charge in [-0.05, 0) is 97.9 Å². The van der Waals surface area contributed by atoms with E-state index in [1.165, 1.54) is 11.8 Å². The Hall–Kier alpha value is -4.12. The largest absolute Gasteiger partial charge is 0.481 e. The molecule has 0 aliphatic carbocycles. The average molecular weight is 620 g/mol. The second-order valence-electron chi connectivity index (χ2n) is 11.8. The molecule has 10 nitrogen and oxygen atoms in total. The second-order valence-corrected chi connectivity index (χ2v) is 13.2. The number of allylic oxidation sites excluding steroid dienone is 2. The van der Waals surface area contributed by atoms with Crippen molar-refractivity contribution in [3.05, 3.63) is 61.2 Å². The Morgan fingerprint density at radius 3 is 2.18 bits per heavy atom. The maximum Gasteiger partial charge on any atom is 0.303 e. The van der Waals surface area contributed by atoms with E-state index in [1.807, 2.05) is 52.8 Å². The number of nitrogens with one attached hydrogen (secondary N) is 3. The Balaban J connectivity index is 1.64. The number of aromatic nitrogens is 2. The molecule has 0 aromatic carbocycles. The molecule has 0 bridgehead atoms. The highest BCUT2D eigenvalue weighted by Gasteiger charge is 2.52. The van der Waals surface area contributed by atoms with Gasteiger partial charge in [0, 0.05) is 52.1 Å². The van der Waals surface area contributed by atoms with Crippen molar-refractivity contribution in [2.75, 3.05) is 5.75 Å². The fraction of sp³-hybridized carbons (Fsp3) is 0.424. The summed E-state index contributed by atoms with van der Waals surface area (Å²) in [4.78, 5) is 59.2. The third kappa shape index (κ3) is 6.24. The molecule has 5 heterocycles. The molecule has 0 saturated carbocycles. The van der Waals surface area contributed by atoms with Gasteiger partial charge in [0.2, 0.25) is 5.91 Å². The lowest BCUT2D eigenvalue weighted by Gasteiger charge is -2.08. The number of hydrogen-bond acceptors (Lipinski definition) is 4. The van der Waals surface area contributed by atoms with Crippen LogP contribution in [0, 0.1) is 25.7 Å². The summed E-state index contributed by atoms with van der Waals surface area (Å²) in [6, 6.07) is 0. The van der Waals surface area contributed by atoms with Crippen LogP contribution in [0.4, 0.5) is 0 Å². The van der Waals surface area contributed by atoms with Gasteiger partial charge in [-0.1, -0.05) is 13.8 Å². The molecular formula is C33H39N4O6S+. The molecule has 2 amide bonds. The standard InChI is InChI=1S/C33H38N4O6S/c1-6-19-15(2)24(36-33(19)43)11-22-16(3)20(7-9-29(38)39)25(34-22)13-26-21(8-10-30(40)41)17(4)23(35-26)12-27-31(28-14-44-28)18(5)32(42)37-27/h11-13,18,28,31,34-35H,6-10,14H2,1-5H3,(H,37,42)(H,38,39)(H,40,41)/p+1/b22-11+,25-13-,27-12-/t18-,28-,31-/m1/s1. The van der Waals surface area contributed by atoms with Gasteiger partial charge in [-0.25, -0.2) is 4.99 Å². The van der Waals surface area contributed by atoms with Crippen molar-refractivity contribution < 1.29 is 29.4 Å². The minimum atomic E-state index is -0.913. The molecule has 5 N–H and O–H groups in total. The number of hydrogen-bond donors (Lipinski definition) is 5. The first-order chi connectivity index (χ1) is 20.9. The van der Waals surface area contributed by atoms with Crippen LogP contribution in [-0.4, -0.2) is 60.6 Å². The minimum absolute atomic E-state index is 0.0175. The van der Waals surface area contributed by atoms with Crippen molar-refractivity contribution in [3.8, 4) is 0 Å². The van der Waals surface area contributed by atoms with E-state index in [0.29, 0.717) is 34.7 Å². The van der Waals surface area contributed by atoms with E-state index in [9.17, 15) is 29.4 Å². The van der Waals surface area contributed by atoms with Crippen LogP contribution in [0.3, 0.4) is 0 Å². The highest BCUT2D eigenvalue weighted by atomic mass is 32.2. The fourth-order valence-corrected chi connectivity index (χ4v) is 7.30. The highest BCUT2D eigenvalue weighted by Crippen LogP contribution is 2.38. The van der Waals surface area contributed by atoms with E-state index in [2.05, 4.69) is 20.3 Å². The van der Waals surface area contributed by atoms with E-state index in [-0.39, 0.29) is 42.9 Å². The first-order valence-corrected chi connectivity index (χ1v) is 16.1. The summed E-state index contributed by atoms with van der Waals surface area (Å²) in [5.41, 5.74) is 7.92. The lowest BCUT2D eigenvalue weighted by molar-refractivity contribution is -0.138. The number of carboxylic acids is 2. The number of thiol groups is 1. The van der Waals surface area contributed by atoms with Gasteiger partial charge in [0.1, 0.15) is 0 Å². The van der Waals surface area contributed by atoms with Crippen molar-refractivity contribution in [1.29, 1.82) is 0 Å². The van der Waals surface area contributed by atoms with Gasteiger partial charge in [0.15, 0.2) is 11.0 Å². The molecule has 5 rings (SSSR count). The van der Waals surface area contributed by atoms with Crippen molar-refractivity contribution in [1.82, 2.24) is 15.3 Å². The zero-order chi connectivity index (χ0) is 31.9. The highest BCUT2D eigenvalue weighted by molar-refractivity contribution is 7.86. The van der Waals surface area contributed by atoms with Crippen LogP contribution in [0.15, 0.2) is 21.8 Å². The molecule has 3 aliphatic heterocycles. The Kier molecular flexibility index (Phi) is 8.88. The summed E-state index contributed by atoms with van der Waals surface area (Å²) in [6.07, 6.45) is 6.77. The van der Waals surface area contributed by atoms with Crippen LogP contribution in [0.1, 0.15) is 73.7 Å². The molecule has 2 aromatic rings. The third-order valence-electron chi connectivity index (χ3n) is 9.01. The molecule has 2 saturated heterocycles. The van der Waals surface area contributed by atoms with E-state index in [0.717, 1.165) is 56.0 Å². The number of amides is 2. The lowest BCUT2D eigenvalue weighted by atomic mass is 9.91. The van der Waals surface area contributed by atoms with Crippen LogP contribution in [0.25, 0.3) is 18.2 Å². The Morgan fingerprint density at radius 2 is 1.59 bits per heavy atom. The Morgan fingerprint density at radius 1 is 0.932 bits per heavy atom. The monoisotopic (exact) mass is 619 g/mol. The molecule has 2 fully saturated rings. The number of carbonyl (C=O) groups excluding carboxylic acids is 2. The van der Waals surface area contributed by atoms with Gasteiger partial charge >= 0.3 is 11.9 Å². The van der Waals surface area contributed by atoms with Crippen molar-refractivity contribution >= 4 is 59.5 Å². The summed E-state index contributed by atoms with van der Waals surface area (Å²) in [6.45, 7) is 9.62. The van der Waals surface area contributed by atoms with Crippen molar-refractivity contribution in [2.45, 2.75) is 72.0 Å². The zero-order valence-corrected chi connectivity index (χ0v) is 26.5. The molecule has 44 heavy (non-hydrogen) atoms. The number of carboxylic acid groups (broad SMARTS) is 2. The molecule has 2 aromatic heterocycles. The molecule has 3 aliphatic rings. The van der Waals surface area contributed by atoms with Gasteiger partial charge in [0.05, 0.1) is 11.6 Å². The number of aromatic amines is 2. The summed E-state index contributed by atoms with van der Waals surface area (Å²) in [5, 5.41) is 23.9. The minimum Gasteiger partial charge on any atom is -0.481 e. The number of aliphatic carboxylic acids is 2. The number of nitrogens with zero attached hydrogens (tertiary/aromatic N) is 1. The Bertz CT molecular complexity index is 1790. The van der Waals surface area contributed by atoms with Crippen LogP contribution in [0.2, 0.25) is 0 Å². The number of aliphatic imine (C=N–C) groups is 1. The maximum atomic E-state index is 12.6. The number of rotatable bonds is 11. The van der Waals surface area contributed by atoms with Gasteiger partial charge in [0.25, 0.3) is 5.91 Å². The number of carbonyl (C=O) groups is 4. The summed E-state index contributed by atoms with van der Waals surface area (Å²) in [5.74, 6) is -0.932. The normalized spacial score (nSPS) is 23.2. The molecule has 0 unspecified atom stereocenters. The first kappa shape index (κ1) is 31.3. The average Bonchev–Trinajstić information content (AvgIpc) is 3.53. The molecular weight excluding hydrogens is 580 g/mol. The smallest absolute Gasteiger partial charge is 0.303 e. The zero-order valence-electron chi connectivity index (χ0n) is 25.6. The predicted octanol–water partition coefficient (Wildman–Crippen LogP) is 2.23. The van der Waals surface area contributed by atoms with Crippen molar-refractivity contribution in [2.24, 2.45) is 16.8 Å². The van der Waals surface area contributed by atoms with Gasteiger partial charge in [-0.2, -0.15) is 0 Å². The second kappa shape index (κ2) is 12.5. The topological polar surface area (TPSA) is 165 Å². The van der Waals surface area contributed by atoms with Crippen LogP contribution in [-0.2, 0) is 43.8 Å². The molecule has 0 spiro atoms. The fourth-order valence-electron chi connectivity index (χ4n) is 6.30. The quantitative estimate of drug-likeness (QED) is 0.147. The van der Waals surface area contributed by atoms with E-state index >= 15 is 0 Å². The van der Waals surface area contributed by atoms with E-state index in [1.54, 1.807) is 0 Å². The molecule has 3 atom stereocenters. The predicted molar refractivity (Wildman–Crippen MR) is 172 cm³/mol. The van der Waals surface area contributed by atoms with Gasteiger partial charge in [-0.3, -0.25) is 19.2 Å². The maximum absolute atomic E-state index is 12.6. The van der Waals surface area contributed by atoms with E-state index < -0.39 is 11.9 Å². The SMILES string of the molecule is CCC1=C(C)C(/C=c2/[nH]/c(=C\c3[nH]c(/C=C4\NC(=O)[C@H](C)[C@H]4[C@H]4C[SH+]4)c(C)c3CCC(=O)O)c(CCC(=O)O)c2C)=NC1=O. The van der Waals surface area contributed by atoms with Crippen LogP contribution in [0.5, 0.6) is 0 Å². The van der Waals surface area contributed by atoms with Crippen LogP contribution >= 0.6 is 0 Å². The van der Waals surface area contributed by atoms with Gasteiger partial charge in [-0.15, -0.1) is 0 Å². The van der Waals surface area contributed by atoms with E-state index in [4.69, 9.17) is 0 Å². The summed E-state index contributed by atoms with van der Waals surface area (Å²) in [7, 11) is 0. The number of H-pyrrole nitrogens is 2. The third-order valence-corrected chi connectivity index (χ3v) is 10.1. The Labute approximate surface area is 259 Å².